The number of aliphatic carboxylic acids is 1. The zero-order valence-corrected chi connectivity index (χ0v) is 14.1. The van der Waals surface area contributed by atoms with Crippen LogP contribution < -0.4 is 10.4 Å². The van der Waals surface area contributed by atoms with Gasteiger partial charge >= 0.3 is 11.6 Å². The average molecular weight is 332 g/mol. The molecular formula is C18H20O6. The lowest BCUT2D eigenvalue weighted by atomic mass is 10.0. The quantitative estimate of drug-likeness (QED) is 0.646. The van der Waals surface area contributed by atoms with Crippen molar-refractivity contribution in [1.29, 1.82) is 0 Å². The standard InChI is InChI=1S/C18H20O6/c1-9-10(2)18(22)24-16-11(3)15(6-5-13(9)16)23-8-7-14(12(4)19)17(20)21/h5-6,14H,7-8H2,1-4H3,(H,20,21). The van der Waals surface area contributed by atoms with Crippen molar-refractivity contribution < 1.29 is 23.8 Å². The molecule has 0 saturated heterocycles. The number of carbonyl (C=O) groups is 2. The second kappa shape index (κ2) is 6.86. The fraction of sp³-hybridized carbons (Fsp3) is 0.389. The Kier molecular flexibility index (Phi) is 5.07. The number of fused-ring (bicyclic) bond motifs is 1. The van der Waals surface area contributed by atoms with Crippen LogP contribution in [-0.2, 0) is 9.59 Å². The van der Waals surface area contributed by atoms with Crippen molar-refractivity contribution in [3.05, 3.63) is 39.2 Å². The number of Topliss-reactive ketones (excluding diaryl/α,β-unsaturated/α-hetero) is 1. The van der Waals surface area contributed by atoms with Crippen LogP contribution in [0.3, 0.4) is 0 Å². The van der Waals surface area contributed by atoms with Gasteiger partial charge in [-0.15, -0.1) is 0 Å². The Morgan fingerprint density at radius 2 is 1.83 bits per heavy atom. The number of aryl methyl sites for hydroxylation is 2. The lowest BCUT2D eigenvalue weighted by molar-refractivity contribution is -0.146. The molecule has 6 heteroatoms. The SMILES string of the molecule is CC(=O)C(CCOc1ccc2c(C)c(C)c(=O)oc2c1C)C(=O)O. The fourth-order valence-electron chi connectivity index (χ4n) is 2.57. The maximum absolute atomic E-state index is 11.9. The van der Waals surface area contributed by atoms with Crippen LogP contribution in [0.5, 0.6) is 5.75 Å². The van der Waals surface area contributed by atoms with Gasteiger partial charge in [0.2, 0.25) is 0 Å². The van der Waals surface area contributed by atoms with Crippen molar-refractivity contribution >= 4 is 22.7 Å². The van der Waals surface area contributed by atoms with Crippen LogP contribution in [-0.4, -0.2) is 23.5 Å². The Morgan fingerprint density at radius 1 is 1.17 bits per heavy atom. The van der Waals surface area contributed by atoms with E-state index in [2.05, 4.69) is 0 Å². The van der Waals surface area contributed by atoms with Gasteiger partial charge in [-0.3, -0.25) is 9.59 Å². The zero-order valence-electron chi connectivity index (χ0n) is 14.1. The molecule has 6 nitrogen and oxygen atoms in total. The van der Waals surface area contributed by atoms with Crippen LogP contribution in [0.4, 0.5) is 0 Å². The van der Waals surface area contributed by atoms with E-state index in [9.17, 15) is 14.4 Å². The Balaban J connectivity index is 2.27. The minimum absolute atomic E-state index is 0.0813. The Morgan fingerprint density at radius 3 is 2.42 bits per heavy atom. The zero-order chi connectivity index (χ0) is 18.0. The molecule has 1 aromatic heterocycles. The van der Waals surface area contributed by atoms with E-state index in [-0.39, 0.29) is 18.7 Å². The molecule has 0 saturated carbocycles. The number of ether oxygens (including phenoxy) is 1. The highest BCUT2D eigenvalue weighted by atomic mass is 16.5. The molecule has 0 aliphatic carbocycles. The van der Waals surface area contributed by atoms with Gasteiger partial charge in [-0.05, 0) is 45.4 Å². The maximum atomic E-state index is 11.9. The van der Waals surface area contributed by atoms with Crippen LogP contribution in [0.2, 0.25) is 0 Å². The fourth-order valence-corrected chi connectivity index (χ4v) is 2.57. The summed E-state index contributed by atoms with van der Waals surface area (Å²) in [5.41, 5.74) is 2.17. The van der Waals surface area contributed by atoms with Gasteiger partial charge in [0.25, 0.3) is 0 Å². The third-order valence-electron chi connectivity index (χ3n) is 4.28. The van der Waals surface area contributed by atoms with Gasteiger partial charge < -0.3 is 14.3 Å². The number of carbonyl (C=O) groups excluding carboxylic acids is 1. The van der Waals surface area contributed by atoms with Crippen LogP contribution in [0, 0.1) is 26.7 Å². The second-order valence-corrected chi connectivity index (χ2v) is 5.84. The second-order valence-electron chi connectivity index (χ2n) is 5.84. The number of hydrogen-bond donors (Lipinski definition) is 1. The summed E-state index contributed by atoms with van der Waals surface area (Å²) >= 11 is 0. The summed E-state index contributed by atoms with van der Waals surface area (Å²) in [5, 5.41) is 9.83. The van der Waals surface area contributed by atoms with E-state index >= 15 is 0 Å². The topological polar surface area (TPSA) is 93.8 Å². The van der Waals surface area contributed by atoms with Crippen molar-refractivity contribution in [2.45, 2.75) is 34.1 Å². The molecule has 128 valence electrons. The van der Waals surface area contributed by atoms with E-state index in [4.69, 9.17) is 14.3 Å². The predicted molar refractivity (Wildman–Crippen MR) is 88.6 cm³/mol. The number of hydrogen-bond acceptors (Lipinski definition) is 5. The molecular weight excluding hydrogens is 312 g/mol. The first-order chi connectivity index (χ1) is 11.2. The molecule has 0 aliphatic heterocycles. The molecule has 24 heavy (non-hydrogen) atoms. The van der Waals surface area contributed by atoms with Crippen LogP contribution in [0.15, 0.2) is 21.3 Å². The van der Waals surface area contributed by atoms with Crippen LogP contribution >= 0.6 is 0 Å². The molecule has 2 aromatic rings. The molecule has 0 fully saturated rings. The van der Waals surface area contributed by atoms with Crippen molar-refractivity contribution in [3.8, 4) is 5.75 Å². The summed E-state index contributed by atoms with van der Waals surface area (Å²) in [6, 6.07) is 3.57. The first kappa shape index (κ1) is 17.7. The highest BCUT2D eigenvalue weighted by molar-refractivity contribution is 5.96. The van der Waals surface area contributed by atoms with Crippen LogP contribution in [0.1, 0.15) is 30.0 Å². The molecule has 1 aromatic carbocycles. The first-order valence-corrected chi connectivity index (χ1v) is 7.63. The van der Waals surface area contributed by atoms with Crippen LogP contribution in [0.25, 0.3) is 11.0 Å². The molecule has 2 rings (SSSR count). The summed E-state index contributed by atoms with van der Waals surface area (Å²) in [4.78, 5) is 34.2. The van der Waals surface area contributed by atoms with E-state index in [1.54, 1.807) is 19.9 Å². The van der Waals surface area contributed by atoms with Crippen molar-refractivity contribution in [1.82, 2.24) is 0 Å². The lowest BCUT2D eigenvalue weighted by Crippen LogP contribution is -2.23. The highest BCUT2D eigenvalue weighted by Crippen LogP contribution is 2.29. The first-order valence-electron chi connectivity index (χ1n) is 7.63. The average Bonchev–Trinajstić information content (AvgIpc) is 2.51. The lowest BCUT2D eigenvalue weighted by Gasteiger charge is -2.13. The van der Waals surface area contributed by atoms with Gasteiger partial charge in [-0.2, -0.15) is 0 Å². The molecule has 1 atom stereocenters. The van der Waals surface area contributed by atoms with Gasteiger partial charge in [-0.25, -0.2) is 4.79 Å². The molecule has 1 N–H and O–H groups in total. The Hall–Kier alpha value is -2.63. The van der Waals surface area contributed by atoms with Gasteiger partial charge in [-0.1, -0.05) is 0 Å². The third kappa shape index (κ3) is 3.32. The monoisotopic (exact) mass is 332 g/mol. The maximum Gasteiger partial charge on any atom is 0.339 e. The number of ketones is 1. The molecule has 1 unspecified atom stereocenters. The molecule has 1 heterocycles. The number of carboxylic acid groups (broad SMARTS) is 1. The predicted octanol–water partition coefficient (Wildman–Crippen LogP) is 2.78. The number of carboxylic acids is 1. The molecule has 0 radical (unpaired) electrons. The number of benzene rings is 1. The number of rotatable bonds is 6. The summed E-state index contributed by atoms with van der Waals surface area (Å²) in [5.74, 6) is -2.13. The largest absolute Gasteiger partial charge is 0.493 e. The minimum Gasteiger partial charge on any atom is -0.493 e. The normalized spacial score (nSPS) is 12.2. The van der Waals surface area contributed by atoms with E-state index in [0.29, 0.717) is 22.5 Å². The van der Waals surface area contributed by atoms with E-state index in [1.165, 1.54) is 6.92 Å². The van der Waals surface area contributed by atoms with E-state index in [1.807, 2.05) is 13.0 Å². The van der Waals surface area contributed by atoms with Crippen molar-refractivity contribution in [2.75, 3.05) is 6.61 Å². The third-order valence-corrected chi connectivity index (χ3v) is 4.28. The Labute approximate surface area is 139 Å². The Bertz CT molecular complexity index is 848. The summed E-state index contributed by atoms with van der Waals surface area (Å²) in [6.45, 7) is 6.68. The van der Waals surface area contributed by atoms with E-state index < -0.39 is 17.7 Å². The van der Waals surface area contributed by atoms with Gasteiger partial charge in [0.05, 0.1) is 6.61 Å². The van der Waals surface area contributed by atoms with E-state index in [0.717, 1.165) is 10.9 Å². The molecule has 0 spiro atoms. The summed E-state index contributed by atoms with van der Waals surface area (Å²) in [6.07, 6.45) is 0.0824. The van der Waals surface area contributed by atoms with Gasteiger partial charge in [0.15, 0.2) is 0 Å². The smallest absolute Gasteiger partial charge is 0.339 e. The minimum atomic E-state index is -1.15. The molecule has 0 amide bonds. The highest BCUT2D eigenvalue weighted by Gasteiger charge is 2.22. The van der Waals surface area contributed by atoms with Gasteiger partial charge in [0.1, 0.15) is 23.0 Å². The van der Waals surface area contributed by atoms with Crippen molar-refractivity contribution in [2.24, 2.45) is 5.92 Å². The van der Waals surface area contributed by atoms with Crippen molar-refractivity contribution in [3.63, 3.8) is 0 Å². The van der Waals surface area contributed by atoms with Gasteiger partial charge in [0, 0.05) is 22.9 Å². The summed E-state index contributed by atoms with van der Waals surface area (Å²) < 4.78 is 11.0. The molecule has 0 aliphatic rings. The molecule has 0 bridgehead atoms. The summed E-state index contributed by atoms with van der Waals surface area (Å²) in [7, 11) is 0.